The van der Waals surface area contributed by atoms with Crippen LogP contribution in [0.15, 0.2) is 65.8 Å². The van der Waals surface area contributed by atoms with Gasteiger partial charge in [-0.25, -0.2) is 4.98 Å². The summed E-state index contributed by atoms with van der Waals surface area (Å²) in [7, 11) is 0. The van der Waals surface area contributed by atoms with Crippen LogP contribution >= 0.6 is 0 Å². The third kappa shape index (κ3) is 3.76. The van der Waals surface area contributed by atoms with Crippen molar-refractivity contribution in [1.29, 1.82) is 5.26 Å². The summed E-state index contributed by atoms with van der Waals surface area (Å²) >= 11 is 0. The Labute approximate surface area is 175 Å². The number of nitriles is 1. The van der Waals surface area contributed by atoms with E-state index in [4.69, 9.17) is 5.26 Å². The summed E-state index contributed by atoms with van der Waals surface area (Å²) in [6.45, 7) is 4.26. The van der Waals surface area contributed by atoms with Crippen LogP contribution in [0, 0.1) is 25.2 Å². The molecule has 0 fully saturated rings. The Balaban J connectivity index is 1.56. The number of benzene rings is 2. The first-order valence-electron chi connectivity index (χ1n) is 9.65. The van der Waals surface area contributed by atoms with E-state index in [1.807, 2.05) is 67.6 Å². The molecule has 30 heavy (non-hydrogen) atoms. The molecule has 0 saturated carbocycles. The minimum Gasteiger partial charge on any atom is -0.321 e. The fraction of sp³-hybridized carbons (Fsp3) is 0.120. The summed E-state index contributed by atoms with van der Waals surface area (Å²) in [6.07, 6.45) is 5.48. The number of rotatable bonds is 4. The summed E-state index contributed by atoms with van der Waals surface area (Å²) in [4.78, 5) is 21.6. The van der Waals surface area contributed by atoms with Crippen LogP contribution in [0.5, 0.6) is 0 Å². The van der Waals surface area contributed by atoms with Gasteiger partial charge in [0.1, 0.15) is 11.8 Å². The molecule has 1 aromatic heterocycles. The van der Waals surface area contributed by atoms with Crippen LogP contribution < -0.4 is 5.32 Å². The Hall–Kier alpha value is -4.04. The van der Waals surface area contributed by atoms with Crippen molar-refractivity contribution in [3.63, 3.8) is 0 Å². The number of anilines is 1. The normalized spacial score (nSPS) is 12.4. The van der Waals surface area contributed by atoms with E-state index in [2.05, 4.69) is 21.4 Å². The Kier molecular flexibility index (Phi) is 5.23. The Bertz CT molecular complexity index is 1230. The van der Waals surface area contributed by atoms with E-state index in [0.717, 1.165) is 28.0 Å². The molecule has 2 heterocycles. The number of fused-ring (bicyclic) bond motifs is 1. The fourth-order valence-corrected chi connectivity index (χ4v) is 3.40. The smallest absolute Gasteiger partial charge is 0.274 e. The lowest BCUT2D eigenvalue weighted by atomic mass is 10.0. The zero-order valence-corrected chi connectivity index (χ0v) is 16.8. The second kappa shape index (κ2) is 8.14. The van der Waals surface area contributed by atoms with Gasteiger partial charge in [-0.05, 0) is 54.3 Å². The van der Waals surface area contributed by atoms with Gasteiger partial charge in [0, 0.05) is 17.4 Å². The van der Waals surface area contributed by atoms with Gasteiger partial charge in [-0.2, -0.15) is 5.26 Å². The molecular formula is C25H20N4O. The topological polar surface area (TPSA) is 78.1 Å². The Morgan fingerprint density at radius 2 is 1.90 bits per heavy atom. The van der Waals surface area contributed by atoms with Crippen LogP contribution in [-0.2, 0) is 6.54 Å². The fourth-order valence-electron chi connectivity index (χ4n) is 3.40. The first-order chi connectivity index (χ1) is 14.6. The molecule has 146 valence electrons. The minimum absolute atomic E-state index is 0.295. The van der Waals surface area contributed by atoms with Gasteiger partial charge < -0.3 is 5.32 Å². The Morgan fingerprint density at radius 1 is 1.10 bits per heavy atom. The van der Waals surface area contributed by atoms with Crippen LogP contribution in [-0.4, -0.2) is 16.6 Å². The number of nitrogens with zero attached hydrogens (tertiary/aromatic N) is 3. The van der Waals surface area contributed by atoms with Gasteiger partial charge in [-0.3, -0.25) is 9.79 Å². The standard InChI is InChI=1S/C25H20N4O/c1-16-17(2)24(28-15-20(16)13-26)25(30)29-21-10-9-19-14-27-23(22(19)12-21)11-8-18-6-4-3-5-7-18/h3-12,15H,14H2,1-2H3,(H,29,30)/b11-8+. The van der Waals surface area contributed by atoms with Crippen molar-refractivity contribution in [3.8, 4) is 6.07 Å². The number of allylic oxidation sites excluding steroid dienone is 1. The van der Waals surface area contributed by atoms with E-state index < -0.39 is 0 Å². The number of nitrogens with one attached hydrogen (secondary N) is 1. The Morgan fingerprint density at radius 3 is 2.67 bits per heavy atom. The molecule has 5 heteroatoms. The number of aromatic nitrogens is 1. The van der Waals surface area contributed by atoms with Crippen LogP contribution in [0.3, 0.4) is 0 Å². The van der Waals surface area contributed by atoms with Crippen LogP contribution in [0.1, 0.15) is 43.9 Å². The van der Waals surface area contributed by atoms with E-state index in [1.165, 1.54) is 6.20 Å². The van der Waals surface area contributed by atoms with E-state index in [9.17, 15) is 4.79 Å². The van der Waals surface area contributed by atoms with Gasteiger partial charge in [0.25, 0.3) is 5.91 Å². The molecule has 5 nitrogen and oxygen atoms in total. The molecule has 1 aliphatic rings. The molecule has 0 aliphatic carbocycles. The van der Waals surface area contributed by atoms with Gasteiger partial charge in [0.2, 0.25) is 0 Å². The van der Waals surface area contributed by atoms with Crippen molar-refractivity contribution in [3.05, 3.63) is 99.9 Å². The zero-order valence-electron chi connectivity index (χ0n) is 16.8. The predicted octanol–water partition coefficient (Wildman–Crippen LogP) is 4.84. The summed E-state index contributed by atoms with van der Waals surface area (Å²) < 4.78 is 0. The lowest BCUT2D eigenvalue weighted by Gasteiger charge is -2.11. The molecule has 0 bridgehead atoms. The molecule has 0 saturated heterocycles. The highest BCUT2D eigenvalue weighted by Gasteiger charge is 2.18. The highest BCUT2D eigenvalue weighted by molar-refractivity contribution is 6.14. The van der Waals surface area contributed by atoms with Gasteiger partial charge in [0.05, 0.1) is 17.8 Å². The SMILES string of the molecule is Cc1c(C#N)cnc(C(=O)Nc2ccc3c(c2)C(/C=C/c2ccccc2)=NC3)c1C. The summed E-state index contributed by atoms with van der Waals surface area (Å²) in [5.41, 5.74) is 7.12. The summed E-state index contributed by atoms with van der Waals surface area (Å²) in [6, 6.07) is 18.0. The number of carbonyl (C=O) groups is 1. The van der Waals surface area contributed by atoms with Crippen molar-refractivity contribution in [2.24, 2.45) is 4.99 Å². The van der Waals surface area contributed by atoms with Crippen molar-refractivity contribution < 1.29 is 4.79 Å². The highest BCUT2D eigenvalue weighted by atomic mass is 16.1. The molecule has 0 spiro atoms. The number of hydrogen-bond donors (Lipinski definition) is 1. The maximum Gasteiger partial charge on any atom is 0.274 e. The number of hydrogen-bond acceptors (Lipinski definition) is 4. The molecule has 0 radical (unpaired) electrons. The molecule has 0 unspecified atom stereocenters. The molecule has 2 aromatic carbocycles. The van der Waals surface area contributed by atoms with Crippen LogP contribution in [0.25, 0.3) is 6.08 Å². The van der Waals surface area contributed by atoms with Crippen molar-refractivity contribution in [2.75, 3.05) is 5.32 Å². The van der Waals surface area contributed by atoms with Gasteiger partial charge in [0.15, 0.2) is 0 Å². The highest BCUT2D eigenvalue weighted by Crippen LogP contribution is 2.25. The summed E-state index contributed by atoms with van der Waals surface area (Å²) in [5.74, 6) is -0.295. The number of aliphatic imine (C=N–C) groups is 1. The van der Waals surface area contributed by atoms with E-state index >= 15 is 0 Å². The molecule has 4 rings (SSSR count). The maximum atomic E-state index is 12.8. The minimum atomic E-state index is -0.295. The van der Waals surface area contributed by atoms with Crippen LogP contribution in [0.4, 0.5) is 5.69 Å². The quantitative estimate of drug-likeness (QED) is 0.690. The van der Waals surface area contributed by atoms with Gasteiger partial charge >= 0.3 is 0 Å². The van der Waals surface area contributed by atoms with Crippen molar-refractivity contribution >= 4 is 23.4 Å². The third-order valence-corrected chi connectivity index (χ3v) is 5.28. The molecule has 1 N–H and O–H groups in total. The summed E-state index contributed by atoms with van der Waals surface area (Å²) in [5, 5.41) is 12.1. The molecule has 1 aliphatic heterocycles. The second-order valence-corrected chi connectivity index (χ2v) is 7.15. The lowest BCUT2D eigenvalue weighted by molar-refractivity contribution is 0.102. The van der Waals surface area contributed by atoms with Gasteiger partial charge in [-0.15, -0.1) is 0 Å². The molecule has 0 atom stereocenters. The number of pyridine rings is 1. The van der Waals surface area contributed by atoms with E-state index in [0.29, 0.717) is 29.1 Å². The van der Waals surface area contributed by atoms with E-state index in [1.54, 1.807) is 6.92 Å². The van der Waals surface area contributed by atoms with Crippen molar-refractivity contribution in [1.82, 2.24) is 4.98 Å². The van der Waals surface area contributed by atoms with Crippen molar-refractivity contribution in [2.45, 2.75) is 20.4 Å². The third-order valence-electron chi connectivity index (χ3n) is 5.28. The molecule has 3 aromatic rings. The predicted molar refractivity (Wildman–Crippen MR) is 119 cm³/mol. The number of carbonyl (C=O) groups excluding carboxylic acids is 1. The molecular weight excluding hydrogens is 372 g/mol. The van der Waals surface area contributed by atoms with Gasteiger partial charge in [-0.1, -0.05) is 42.5 Å². The zero-order chi connectivity index (χ0) is 21.1. The maximum absolute atomic E-state index is 12.8. The van der Waals surface area contributed by atoms with E-state index in [-0.39, 0.29) is 5.91 Å². The first-order valence-corrected chi connectivity index (χ1v) is 9.65. The first kappa shape index (κ1) is 19.3. The number of amides is 1. The largest absolute Gasteiger partial charge is 0.321 e. The molecule has 1 amide bonds. The lowest BCUT2D eigenvalue weighted by Crippen LogP contribution is -2.16. The van der Waals surface area contributed by atoms with Crippen LogP contribution in [0.2, 0.25) is 0 Å². The second-order valence-electron chi connectivity index (χ2n) is 7.15. The average Bonchev–Trinajstić information content (AvgIpc) is 3.17. The monoisotopic (exact) mass is 392 g/mol. The average molecular weight is 392 g/mol.